The Balaban J connectivity index is 2.06. The summed E-state index contributed by atoms with van der Waals surface area (Å²) < 4.78 is 1.54. The van der Waals surface area contributed by atoms with Crippen LogP contribution in [0.2, 0.25) is 0 Å². The first-order chi connectivity index (χ1) is 9.16. The zero-order chi connectivity index (χ0) is 13.4. The molecule has 1 fully saturated rings. The van der Waals surface area contributed by atoms with E-state index in [1.54, 1.807) is 11.6 Å². The summed E-state index contributed by atoms with van der Waals surface area (Å²) in [6, 6.07) is 8.03. The van der Waals surface area contributed by atoms with Gasteiger partial charge < -0.3 is 4.90 Å². The summed E-state index contributed by atoms with van der Waals surface area (Å²) in [5.41, 5.74) is 2.03. The summed E-state index contributed by atoms with van der Waals surface area (Å²) in [7, 11) is 2.16. The molecule has 0 amide bonds. The van der Waals surface area contributed by atoms with Gasteiger partial charge in [-0.05, 0) is 39.0 Å². The number of carbonyl (C=O) groups excluding carboxylic acids is 1. The predicted molar refractivity (Wildman–Crippen MR) is 75.5 cm³/mol. The average molecular weight is 257 g/mol. The van der Waals surface area contributed by atoms with Gasteiger partial charge in [-0.1, -0.05) is 18.2 Å². The molecule has 4 nitrogen and oxygen atoms in total. The van der Waals surface area contributed by atoms with Crippen molar-refractivity contribution in [3.05, 3.63) is 30.0 Å². The molecule has 2 heterocycles. The highest BCUT2D eigenvalue weighted by Crippen LogP contribution is 2.32. The van der Waals surface area contributed by atoms with Crippen molar-refractivity contribution in [3.63, 3.8) is 0 Å². The number of nitrogens with zero attached hydrogens (tertiary/aromatic N) is 3. The van der Waals surface area contributed by atoms with Crippen molar-refractivity contribution in [3.8, 4) is 0 Å². The van der Waals surface area contributed by atoms with Crippen molar-refractivity contribution in [2.24, 2.45) is 0 Å². The Labute approximate surface area is 113 Å². The fourth-order valence-electron chi connectivity index (χ4n) is 2.91. The fourth-order valence-corrected chi connectivity index (χ4v) is 2.91. The number of piperidine rings is 1. The van der Waals surface area contributed by atoms with Gasteiger partial charge in [0.25, 0.3) is 0 Å². The summed E-state index contributed by atoms with van der Waals surface area (Å²) in [6.45, 7) is 3.77. The Kier molecular flexibility index (Phi) is 3.11. The van der Waals surface area contributed by atoms with Gasteiger partial charge in [0, 0.05) is 18.2 Å². The van der Waals surface area contributed by atoms with Gasteiger partial charge in [-0.3, -0.25) is 4.79 Å². The van der Waals surface area contributed by atoms with Crippen LogP contribution in [0.3, 0.4) is 0 Å². The van der Waals surface area contributed by atoms with Crippen molar-refractivity contribution in [1.82, 2.24) is 14.7 Å². The Morgan fingerprint density at radius 3 is 2.63 bits per heavy atom. The van der Waals surface area contributed by atoms with Gasteiger partial charge in [0.15, 0.2) is 0 Å². The number of hydrogen-bond donors (Lipinski definition) is 0. The molecule has 0 aliphatic carbocycles. The number of hydrogen-bond acceptors (Lipinski definition) is 3. The Morgan fingerprint density at radius 2 is 1.95 bits per heavy atom. The highest BCUT2D eigenvalue weighted by atomic mass is 16.2. The van der Waals surface area contributed by atoms with E-state index >= 15 is 0 Å². The number of carbonyl (C=O) groups is 1. The van der Waals surface area contributed by atoms with E-state index in [-0.39, 0.29) is 5.91 Å². The second-order valence-electron chi connectivity index (χ2n) is 5.41. The van der Waals surface area contributed by atoms with E-state index < -0.39 is 0 Å². The molecule has 19 heavy (non-hydrogen) atoms. The van der Waals surface area contributed by atoms with Crippen LogP contribution in [-0.4, -0.2) is 40.7 Å². The molecule has 2 aromatic rings. The van der Waals surface area contributed by atoms with Crippen molar-refractivity contribution < 1.29 is 4.79 Å². The summed E-state index contributed by atoms with van der Waals surface area (Å²) >= 11 is 0. The zero-order valence-corrected chi connectivity index (χ0v) is 11.5. The normalized spacial score (nSPS) is 18.0. The minimum Gasteiger partial charge on any atom is -0.306 e. The number of fused-ring (bicyclic) bond motifs is 1. The van der Waals surface area contributed by atoms with Gasteiger partial charge >= 0.3 is 0 Å². The Bertz CT molecular complexity index is 609. The van der Waals surface area contributed by atoms with Crippen LogP contribution in [-0.2, 0) is 0 Å². The Morgan fingerprint density at radius 1 is 1.26 bits per heavy atom. The lowest BCUT2D eigenvalue weighted by Gasteiger charge is -2.28. The van der Waals surface area contributed by atoms with E-state index in [0.717, 1.165) is 42.5 Å². The number of rotatable bonds is 1. The topological polar surface area (TPSA) is 38.1 Å². The molecular formula is C15H19N3O. The number of likely N-dealkylation sites (tertiary alicyclic amines) is 1. The molecule has 1 aliphatic rings. The smallest absolute Gasteiger partial charge is 0.244 e. The predicted octanol–water partition coefficient (Wildman–Crippen LogP) is 2.51. The van der Waals surface area contributed by atoms with Crippen LogP contribution in [0.5, 0.6) is 0 Å². The monoisotopic (exact) mass is 257 g/mol. The first-order valence-electron chi connectivity index (χ1n) is 6.84. The molecule has 1 aromatic carbocycles. The first kappa shape index (κ1) is 12.4. The molecule has 0 N–H and O–H groups in total. The number of aromatic nitrogens is 2. The molecule has 4 heteroatoms. The minimum atomic E-state index is -0.0182. The molecule has 0 atom stereocenters. The van der Waals surface area contributed by atoms with Crippen LogP contribution in [0.25, 0.3) is 10.9 Å². The molecule has 1 aliphatic heterocycles. The van der Waals surface area contributed by atoms with Crippen LogP contribution in [0.1, 0.15) is 36.2 Å². The van der Waals surface area contributed by atoms with Crippen LogP contribution in [0, 0.1) is 0 Å². The quantitative estimate of drug-likeness (QED) is 0.788. The van der Waals surface area contributed by atoms with Crippen molar-refractivity contribution >= 4 is 16.8 Å². The maximum absolute atomic E-state index is 11.7. The standard InChI is InChI=1S/C15H19N3O/c1-11(19)18-14-6-4-3-5-13(14)15(16-18)12-7-9-17(2)10-8-12/h3-6,12H,7-10H2,1-2H3. The lowest BCUT2D eigenvalue weighted by molar-refractivity contribution is 0.0925. The van der Waals surface area contributed by atoms with Crippen LogP contribution < -0.4 is 0 Å². The molecule has 0 bridgehead atoms. The lowest BCUT2D eigenvalue weighted by atomic mass is 9.92. The second kappa shape index (κ2) is 4.78. The molecule has 100 valence electrons. The second-order valence-corrected chi connectivity index (χ2v) is 5.41. The summed E-state index contributed by atoms with van der Waals surface area (Å²) in [4.78, 5) is 14.0. The largest absolute Gasteiger partial charge is 0.306 e. The van der Waals surface area contributed by atoms with Crippen molar-refractivity contribution in [2.75, 3.05) is 20.1 Å². The third kappa shape index (κ3) is 2.16. The van der Waals surface area contributed by atoms with Crippen LogP contribution >= 0.6 is 0 Å². The van der Waals surface area contributed by atoms with E-state index in [1.807, 2.05) is 18.2 Å². The number of para-hydroxylation sites is 1. The first-order valence-corrected chi connectivity index (χ1v) is 6.84. The van der Waals surface area contributed by atoms with Crippen molar-refractivity contribution in [2.45, 2.75) is 25.7 Å². The van der Waals surface area contributed by atoms with Crippen LogP contribution in [0.4, 0.5) is 0 Å². The highest BCUT2D eigenvalue weighted by molar-refractivity contribution is 5.91. The molecule has 1 saturated heterocycles. The van der Waals surface area contributed by atoms with Gasteiger partial charge in [-0.2, -0.15) is 5.10 Å². The highest BCUT2D eigenvalue weighted by Gasteiger charge is 2.24. The van der Waals surface area contributed by atoms with E-state index in [2.05, 4.69) is 23.1 Å². The molecular weight excluding hydrogens is 238 g/mol. The van der Waals surface area contributed by atoms with Gasteiger partial charge in [-0.15, -0.1) is 0 Å². The summed E-state index contributed by atoms with van der Waals surface area (Å²) in [5, 5.41) is 5.72. The molecule has 0 unspecified atom stereocenters. The maximum atomic E-state index is 11.7. The van der Waals surface area contributed by atoms with Gasteiger partial charge in [0.2, 0.25) is 5.91 Å². The van der Waals surface area contributed by atoms with Gasteiger partial charge in [0.1, 0.15) is 0 Å². The third-order valence-electron chi connectivity index (χ3n) is 4.02. The van der Waals surface area contributed by atoms with E-state index in [0.29, 0.717) is 5.92 Å². The van der Waals surface area contributed by atoms with Crippen LogP contribution in [0.15, 0.2) is 24.3 Å². The minimum absolute atomic E-state index is 0.0182. The van der Waals surface area contributed by atoms with Crippen molar-refractivity contribution in [1.29, 1.82) is 0 Å². The van der Waals surface area contributed by atoms with E-state index in [4.69, 9.17) is 0 Å². The molecule has 0 spiro atoms. The molecule has 3 rings (SSSR count). The lowest BCUT2D eigenvalue weighted by Crippen LogP contribution is -2.29. The van der Waals surface area contributed by atoms with E-state index in [9.17, 15) is 4.79 Å². The maximum Gasteiger partial charge on any atom is 0.244 e. The third-order valence-corrected chi connectivity index (χ3v) is 4.02. The molecule has 1 aromatic heterocycles. The molecule has 0 saturated carbocycles. The summed E-state index contributed by atoms with van der Waals surface area (Å²) in [5.74, 6) is 0.456. The number of benzene rings is 1. The summed E-state index contributed by atoms with van der Waals surface area (Å²) in [6.07, 6.45) is 2.24. The average Bonchev–Trinajstić information content (AvgIpc) is 2.79. The zero-order valence-electron chi connectivity index (χ0n) is 11.5. The SMILES string of the molecule is CC(=O)n1nc(C2CCN(C)CC2)c2ccccc21. The van der Waals surface area contributed by atoms with E-state index in [1.165, 1.54) is 0 Å². The Hall–Kier alpha value is -1.68. The molecule has 0 radical (unpaired) electrons. The fraction of sp³-hybridized carbons (Fsp3) is 0.467. The van der Waals surface area contributed by atoms with Gasteiger partial charge in [-0.25, -0.2) is 4.68 Å². The van der Waals surface area contributed by atoms with Gasteiger partial charge in [0.05, 0.1) is 11.2 Å².